The molecule has 148 valence electrons. The van der Waals surface area contributed by atoms with Gasteiger partial charge in [0, 0.05) is 35.9 Å². The summed E-state index contributed by atoms with van der Waals surface area (Å²) in [6.45, 7) is 0. The van der Waals surface area contributed by atoms with Gasteiger partial charge in [-0.2, -0.15) is 18.3 Å². The van der Waals surface area contributed by atoms with Gasteiger partial charge in [0.15, 0.2) is 5.69 Å². The van der Waals surface area contributed by atoms with Crippen LogP contribution in [0.5, 0.6) is 0 Å². The summed E-state index contributed by atoms with van der Waals surface area (Å²) in [6, 6.07) is 11.9. The van der Waals surface area contributed by atoms with Crippen LogP contribution >= 0.6 is 11.6 Å². The summed E-state index contributed by atoms with van der Waals surface area (Å²) in [5, 5.41) is 6.71. The van der Waals surface area contributed by atoms with Crippen LogP contribution < -0.4 is 5.32 Å². The highest BCUT2D eigenvalue weighted by Gasteiger charge is 2.38. The number of aryl methyl sites for hydroxylation is 1. The molecule has 0 aliphatic heterocycles. The Morgan fingerprint density at radius 1 is 1.24 bits per heavy atom. The van der Waals surface area contributed by atoms with Crippen molar-refractivity contribution in [2.24, 2.45) is 7.05 Å². The van der Waals surface area contributed by atoms with Crippen LogP contribution in [0.15, 0.2) is 48.7 Å². The molecule has 1 heterocycles. The van der Waals surface area contributed by atoms with E-state index < -0.39 is 23.3 Å². The van der Waals surface area contributed by atoms with Gasteiger partial charge in [-0.1, -0.05) is 35.9 Å². The topological polar surface area (TPSA) is 46.9 Å². The van der Waals surface area contributed by atoms with Crippen LogP contribution in [-0.4, -0.2) is 15.7 Å². The van der Waals surface area contributed by atoms with Gasteiger partial charge >= 0.3 is 6.18 Å². The summed E-state index contributed by atoms with van der Waals surface area (Å²) in [6.07, 6.45) is 1.81. The Morgan fingerprint density at radius 2 is 1.97 bits per heavy atom. The number of hydrogen-bond acceptors (Lipinski definition) is 2. The number of benzene rings is 2. The molecule has 0 saturated carbocycles. The van der Waals surface area contributed by atoms with Crippen molar-refractivity contribution < 1.29 is 18.0 Å². The van der Waals surface area contributed by atoms with E-state index >= 15 is 0 Å². The molecule has 1 aromatic heterocycles. The van der Waals surface area contributed by atoms with E-state index in [0.29, 0.717) is 22.7 Å². The summed E-state index contributed by atoms with van der Waals surface area (Å²) in [4.78, 5) is 12.6. The molecule has 0 spiro atoms. The second-order valence-electron chi connectivity index (χ2n) is 6.24. The number of carbonyl (C=O) groups excluding carboxylic acids is 1. The van der Waals surface area contributed by atoms with Crippen molar-refractivity contribution in [3.8, 4) is 23.5 Å². The molecular formula is C21H15ClF3N3O. The number of anilines is 1. The average Bonchev–Trinajstić information content (AvgIpc) is 3.05. The van der Waals surface area contributed by atoms with E-state index in [9.17, 15) is 18.0 Å². The lowest BCUT2D eigenvalue weighted by Crippen LogP contribution is -2.18. The molecule has 0 fully saturated rings. The van der Waals surface area contributed by atoms with E-state index in [0.717, 1.165) is 22.0 Å². The molecule has 8 heteroatoms. The second-order valence-corrected chi connectivity index (χ2v) is 6.68. The van der Waals surface area contributed by atoms with E-state index in [1.165, 1.54) is 7.05 Å². The van der Waals surface area contributed by atoms with E-state index in [-0.39, 0.29) is 0 Å². The number of hydrogen-bond donors (Lipinski definition) is 1. The molecule has 29 heavy (non-hydrogen) atoms. The van der Waals surface area contributed by atoms with Crippen molar-refractivity contribution in [3.05, 3.63) is 70.5 Å². The zero-order valence-electron chi connectivity index (χ0n) is 15.2. The first-order valence-corrected chi connectivity index (χ1v) is 8.82. The Bertz CT molecular complexity index is 1110. The first-order chi connectivity index (χ1) is 13.7. The lowest BCUT2D eigenvalue weighted by Gasteiger charge is -2.14. The third-order valence-corrected chi connectivity index (χ3v) is 4.41. The molecule has 2 aromatic carbocycles. The maximum absolute atomic E-state index is 13.2. The molecule has 1 amide bonds. The lowest BCUT2D eigenvalue weighted by atomic mass is 9.96. The van der Waals surface area contributed by atoms with Crippen LogP contribution in [0.3, 0.4) is 0 Å². The Balaban J connectivity index is 2.02. The number of para-hydroxylation sites is 1. The molecule has 3 rings (SSSR count). The van der Waals surface area contributed by atoms with Crippen LogP contribution in [0.25, 0.3) is 11.1 Å². The van der Waals surface area contributed by atoms with Crippen LogP contribution in [0.1, 0.15) is 21.6 Å². The van der Waals surface area contributed by atoms with Crippen molar-refractivity contribution in [2.45, 2.75) is 12.6 Å². The number of amides is 1. The predicted molar refractivity (Wildman–Crippen MR) is 106 cm³/mol. The molecule has 0 aliphatic rings. The van der Waals surface area contributed by atoms with Gasteiger partial charge in [0.1, 0.15) is 5.56 Å². The van der Waals surface area contributed by atoms with Gasteiger partial charge in [-0.05, 0) is 29.3 Å². The molecule has 1 N–H and O–H groups in total. The fourth-order valence-electron chi connectivity index (χ4n) is 2.95. The molecule has 0 saturated heterocycles. The minimum Gasteiger partial charge on any atom is -0.320 e. The summed E-state index contributed by atoms with van der Waals surface area (Å²) >= 11 is 6.05. The quantitative estimate of drug-likeness (QED) is 0.594. The monoisotopic (exact) mass is 417 g/mol. The lowest BCUT2D eigenvalue weighted by molar-refractivity contribution is -0.137. The largest absolute Gasteiger partial charge is 0.420 e. The Kier molecular flexibility index (Phi) is 5.66. The standard InChI is InChI=1S/C21H15ClF3N3O/c1-3-6-13-11-14(22)9-10-15(13)16-7-4-5-8-18(16)26-20(29)19-17(21(23,24)25)12-28(2)27-19/h1,4-5,7-12H,6H2,2H3,(H,26,29). The van der Waals surface area contributed by atoms with E-state index in [4.69, 9.17) is 18.0 Å². The highest BCUT2D eigenvalue weighted by molar-refractivity contribution is 6.30. The number of nitrogens with zero attached hydrogens (tertiary/aromatic N) is 2. The highest BCUT2D eigenvalue weighted by atomic mass is 35.5. The minimum atomic E-state index is -4.70. The summed E-state index contributed by atoms with van der Waals surface area (Å²) < 4.78 is 40.6. The zero-order chi connectivity index (χ0) is 21.2. The predicted octanol–water partition coefficient (Wildman–Crippen LogP) is 5.19. The van der Waals surface area contributed by atoms with Crippen molar-refractivity contribution in [1.82, 2.24) is 9.78 Å². The van der Waals surface area contributed by atoms with Gasteiger partial charge in [0.2, 0.25) is 0 Å². The molecule has 0 unspecified atom stereocenters. The molecular weight excluding hydrogens is 403 g/mol. The van der Waals surface area contributed by atoms with Gasteiger partial charge in [-0.15, -0.1) is 12.3 Å². The molecule has 0 radical (unpaired) electrons. The first-order valence-electron chi connectivity index (χ1n) is 8.44. The summed E-state index contributed by atoms with van der Waals surface area (Å²) in [5.74, 6) is 1.59. The Labute approximate surface area is 170 Å². The minimum absolute atomic E-state index is 0.302. The maximum atomic E-state index is 13.2. The molecule has 3 aromatic rings. The van der Waals surface area contributed by atoms with Gasteiger partial charge < -0.3 is 5.32 Å². The van der Waals surface area contributed by atoms with E-state index in [2.05, 4.69) is 16.3 Å². The van der Waals surface area contributed by atoms with Gasteiger partial charge in [0.25, 0.3) is 5.91 Å². The summed E-state index contributed by atoms with van der Waals surface area (Å²) in [5.41, 5.74) is 0.615. The van der Waals surface area contributed by atoms with Crippen molar-refractivity contribution in [3.63, 3.8) is 0 Å². The van der Waals surface area contributed by atoms with Crippen molar-refractivity contribution in [1.29, 1.82) is 0 Å². The van der Waals surface area contributed by atoms with Crippen molar-refractivity contribution >= 4 is 23.2 Å². The number of alkyl halides is 3. The van der Waals surface area contributed by atoms with Crippen LogP contribution in [0.2, 0.25) is 5.02 Å². The number of aromatic nitrogens is 2. The Hall–Kier alpha value is -3.24. The highest BCUT2D eigenvalue weighted by Crippen LogP contribution is 2.34. The maximum Gasteiger partial charge on any atom is 0.420 e. The second kappa shape index (κ2) is 8.02. The molecule has 0 atom stereocenters. The van der Waals surface area contributed by atoms with E-state index in [1.54, 1.807) is 42.5 Å². The SMILES string of the molecule is C#CCc1cc(Cl)ccc1-c1ccccc1NC(=O)c1nn(C)cc1C(F)(F)F. The number of nitrogens with one attached hydrogen (secondary N) is 1. The van der Waals surface area contributed by atoms with Gasteiger partial charge in [-0.25, -0.2) is 0 Å². The van der Waals surface area contributed by atoms with Crippen LogP contribution in [-0.2, 0) is 19.6 Å². The number of terminal acetylenes is 1. The number of rotatable bonds is 4. The summed E-state index contributed by atoms with van der Waals surface area (Å²) in [7, 11) is 1.32. The third-order valence-electron chi connectivity index (χ3n) is 4.17. The Morgan fingerprint density at radius 3 is 2.66 bits per heavy atom. The fourth-order valence-corrected chi connectivity index (χ4v) is 3.15. The first kappa shape index (κ1) is 20.5. The number of carbonyl (C=O) groups is 1. The normalized spacial score (nSPS) is 11.2. The molecule has 0 bridgehead atoms. The smallest absolute Gasteiger partial charge is 0.320 e. The number of halogens is 4. The van der Waals surface area contributed by atoms with Crippen LogP contribution in [0.4, 0.5) is 18.9 Å². The molecule has 0 aliphatic carbocycles. The van der Waals surface area contributed by atoms with Crippen molar-refractivity contribution in [2.75, 3.05) is 5.32 Å². The van der Waals surface area contributed by atoms with E-state index in [1.807, 2.05) is 0 Å². The van der Waals surface area contributed by atoms with Crippen LogP contribution in [0, 0.1) is 12.3 Å². The van der Waals surface area contributed by atoms with Gasteiger partial charge in [0.05, 0.1) is 0 Å². The fraction of sp³-hybridized carbons (Fsp3) is 0.143. The van der Waals surface area contributed by atoms with Gasteiger partial charge in [-0.3, -0.25) is 9.48 Å². The third kappa shape index (κ3) is 4.44. The zero-order valence-corrected chi connectivity index (χ0v) is 16.0. The average molecular weight is 418 g/mol. The molecule has 4 nitrogen and oxygen atoms in total.